The summed E-state index contributed by atoms with van der Waals surface area (Å²) in [4.78, 5) is 8.67. The molecule has 1 aliphatic rings. The van der Waals surface area contributed by atoms with Gasteiger partial charge < -0.3 is 4.74 Å². The summed E-state index contributed by atoms with van der Waals surface area (Å²) in [5.74, 6) is 0.0770. The maximum Gasteiger partial charge on any atom is 0.230 e. The fourth-order valence-corrected chi connectivity index (χ4v) is 2.66. The van der Waals surface area contributed by atoms with E-state index in [9.17, 15) is 9.60 Å². The van der Waals surface area contributed by atoms with Gasteiger partial charge in [-0.3, -0.25) is 15.7 Å². The summed E-state index contributed by atoms with van der Waals surface area (Å²) in [6.07, 6.45) is 5.81. The Labute approximate surface area is 133 Å². The highest BCUT2D eigenvalue weighted by atomic mass is 19.1. The summed E-state index contributed by atoms with van der Waals surface area (Å²) >= 11 is 0. The Kier molecular flexibility index (Phi) is 4.83. The average molecular weight is 315 g/mol. The molecule has 2 aromatic rings. The van der Waals surface area contributed by atoms with Crippen LogP contribution in [0.3, 0.4) is 0 Å². The van der Waals surface area contributed by atoms with Crippen LogP contribution in [-0.4, -0.2) is 22.1 Å². The molecule has 1 saturated carbocycles. The largest absolute Gasteiger partial charge is 0.435 e. The van der Waals surface area contributed by atoms with Crippen molar-refractivity contribution in [1.29, 1.82) is 0 Å². The van der Waals surface area contributed by atoms with Crippen molar-refractivity contribution in [2.24, 2.45) is 4.99 Å². The quantitative estimate of drug-likeness (QED) is 0.513. The Hall–Kier alpha value is -2.47. The van der Waals surface area contributed by atoms with Crippen LogP contribution in [0.5, 0.6) is 11.6 Å². The van der Waals surface area contributed by atoms with E-state index in [-0.39, 0.29) is 23.5 Å². The molecule has 0 spiro atoms. The summed E-state index contributed by atoms with van der Waals surface area (Å²) in [5.41, 5.74) is 2.61. The number of rotatable bonds is 4. The summed E-state index contributed by atoms with van der Waals surface area (Å²) < 4.78 is 19.3. The molecule has 0 amide bonds. The minimum Gasteiger partial charge on any atom is -0.435 e. The Morgan fingerprint density at radius 3 is 2.74 bits per heavy atom. The summed E-state index contributed by atoms with van der Waals surface area (Å²) in [6, 6.07) is 9.71. The molecule has 0 unspecified atom stereocenters. The average Bonchev–Trinajstić information content (AvgIpc) is 3.09. The predicted octanol–water partition coefficient (Wildman–Crippen LogP) is 3.68. The Morgan fingerprint density at radius 1 is 1.22 bits per heavy atom. The zero-order valence-electron chi connectivity index (χ0n) is 12.6. The standard InChI is InChI=1S/C17H18FN3O2/c18-14-9-3-4-10-15(14)23-17-13(8-5-11-19-17)16(21-22)20-12-6-1-2-7-12/h3-5,8-12,22H,1-2,6-7H2,(H,20,21). The first kappa shape index (κ1) is 15.4. The second-order valence-corrected chi connectivity index (χ2v) is 5.42. The van der Waals surface area contributed by atoms with Gasteiger partial charge in [0.2, 0.25) is 5.88 Å². The highest BCUT2D eigenvalue weighted by molar-refractivity contribution is 6.00. The normalized spacial score (nSPS) is 15.7. The second-order valence-electron chi connectivity index (χ2n) is 5.42. The van der Waals surface area contributed by atoms with Gasteiger partial charge in [0.25, 0.3) is 0 Å². The number of hydrogen-bond donors (Lipinski definition) is 2. The molecule has 1 heterocycles. The highest BCUT2D eigenvalue weighted by Gasteiger charge is 2.18. The molecule has 0 radical (unpaired) electrons. The van der Waals surface area contributed by atoms with E-state index in [2.05, 4.69) is 15.5 Å². The fraction of sp³-hybridized carbons (Fsp3) is 0.294. The maximum atomic E-state index is 13.8. The number of hydrogen-bond acceptors (Lipinski definition) is 4. The zero-order chi connectivity index (χ0) is 16.1. The van der Waals surface area contributed by atoms with E-state index in [1.54, 1.807) is 30.5 Å². The number of ether oxygens (including phenoxy) is 1. The van der Waals surface area contributed by atoms with Crippen LogP contribution in [0.4, 0.5) is 4.39 Å². The number of aliphatic imine (C=N–C) groups is 1. The lowest BCUT2D eigenvalue weighted by Crippen LogP contribution is -2.23. The van der Waals surface area contributed by atoms with Gasteiger partial charge in [-0.05, 0) is 37.1 Å². The van der Waals surface area contributed by atoms with Crippen LogP contribution in [-0.2, 0) is 0 Å². The molecule has 0 aliphatic heterocycles. The molecule has 0 atom stereocenters. The first-order valence-corrected chi connectivity index (χ1v) is 7.63. The molecular formula is C17H18FN3O2. The molecule has 0 saturated heterocycles. The van der Waals surface area contributed by atoms with Gasteiger partial charge >= 0.3 is 0 Å². The van der Waals surface area contributed by atoms with Crippen molar-refractivity contribution < 1.29 is 14.3 Å². The van der Waals surface area contributed by atoms with Crippen LogP contribution in [0.1, 0.15) is 31.2 Å². The van der Waals surface area contributed by atoms with Crippen molar-refractivity contribution in [3.63, 3.8) is 0 Å². The molecule has 3 rings (SSSR count). The number of amidine groups is 1. The van der Waals surface area contributed by atoms with Gasteiger partial charge in [-0.25, -0.2) is 9.37 Å². The van der Waals surface area contributed by atoms with E-state index in [0.717, 1.165) is 25.7 Å². The first-order chi connectivity index (χ1) is 11.3. The third kappa shape index (κ3) is 3.65. The monoisotopic (exact) mass is 315 g/mol. The van der Waals surface area contributed by atoms with Gasteiger partial charge in [0.1, 0.15) is 0 Å². The van der Waals surface area contributed by atoms with Crippen molar-refractivity contribution in [2.75, 3.05) is 0 Å². The third-order valence-corrected chi connectivity index (χ3v) is 3.81. The summed E-state index contributed by atoms with van der Waals surface area (Å²) in [6.45, 7) is 0. The zero-order valence-corrected chi connectivity index (χ0v) is 12.6. The van der Waals surface area contributed by atoms with Crippen LogP contribution >= 0.6 is 0 Å². The predicted molar refractivity (Wildman–Crippen MR) is 84.4 cm³/mol. The SMILES string of the molecule is ONC(=NC1CCCC1)c1cccnc1Oc1ccccc1F. The van der Waals surface area contributed by atoms with Gasteiger partial charge in [-0.1, -0.05) is 25.0 Å². The van der Waals surface area contributed by atoms with Crippen molar-refractivity contribution in [3.8, 4) is 11.6 Å². The molecule has 1 aliphatic carbocycles. The van der Waals surface area contributed by atoms with E-state index in [1.165, 1.54) is 12.1 Å². The van der Waals surface area contributed by atoms with Gasteiger partial charge in [0, 0.05) is 6.20 Å². The summed E-state index contributed by atoms with van der Waals surface area (Å²) in [7, 11) is 0. The molecular weight excluding hydrogens is 297 g/mol. The molecule has 5 nitrogen and oxygen atoms in total. The van der Waals surface area contributed by atoms with Crippen LogP contribution in [0.2, 0.25) is 0 Å². The first-order valence-electron chi connectivity index (χ1n) is 7.63. The van der Waals surface area contributed by atoms with Crippen LogP contribution in [0.15, 0.2) is 47.6 Å². The van der Waals surface area contributed by atoms with Crippen LogP contribution in [0, 0.1) is 5.82 Å². The van der Waals surface area contributed by atoms with E-state index in [4.69, 9.17) is 4.74 Å². The molecule has 1 aromatic heterocycles. The van der Waals surface area contributed by atoms with Gasteiger partial charge in [-0.2, -0.15) is 0 Å². The van der Waals surface area contributed by atoms with Crippen molar-refractivity contribution in [1.82, 2.24) is 10.5 Å². The van der Waals surface area contributed by atoms with Crippen molar-refractivity contribution in [2.45, 2.75) is 31.7 Å². The van der Waals surface area contributed by atoms with E-state index < -0.39 is 5.82 Å². The second kappa shape index (κ2) is 7.19. The minimum absolute atomic E-state index is 0.0746. The highest BCUT2D eigenvalue weighted by Crippen LogP contribution is 2.27. The van der Waals surface area contributed by atoms with Crippen LogP contribution in [0.25, 0.3) is 0 Å². The lowest BCUT2D eigenvalue weighted by molar-refractivity contribution is 0.233. The number of halogens is 1. The maximum absolute atomic E-state index is 13.8. The molecule has 23 heavy (non-hydrogen) atoms. The number of aromatic nitrogens is 1. The molecule has 1 aromatic carbocycles. The topological polar surface area (TPSA) is 66.7 Å². The van der Waals surface area contributed by atoms with E-state index in [0.29, 0.717) is 5.56 Å². The number of pyridine rings is 1. The van der Waals surface area contributed by atoms with E-state index >= 15 is 0 Å². The lowest BCUT2D eigenvalue weighted by atomic mass is 10.2. The van der Waals surface area contributed by atoms with Gasteiger partial charge in [0.05, 0.1) is 11.6 Å². The smallest absolute Gasteiger partial charge is 0.230 e. The lowest BCUT2D eigenvalue weighted by Gasteiger charge is -2.13. The Morgan fingerprint density at radius 2 is 2.00 bits per heavy atom. The molecule has 6 heteroatoms. The van der Waals surface area contributed by atoms with Gasteiger partial charge in [0.15, 0.2) is 17.4 Å². The van der Waals surface area contributed by atoms with E-state index in [1.807, 2.05) is 0 Å². The minimum atomic E-state index is -0.477. The molecule has 120 valence electrons. The number of nitrogens with one attached hydrogen (secondary N) is 1. The number of para-hydroxylation sites is 1. The fourth-order valence-electron chi connectivity index (χ4n) is 2.66. The number of hydroxylamine groups is 1. The van der Waals surface area contributed by atoms with Crippen molar-refractivity contribution in [3.05, 3.63) is 54.0 Å². The Bertz CT molecular complexity index is 700. The molecule has 1 fully saturated rings. The number of nitrogens with zero attached hydrogens (tertiary/aromatic N) is 2. The molecule has 0 bridgehead atoms. The van der Waals surface area contributed by atoms with Gasteiger partial charge in [-0.15, -0.1) is 0 Å². The molecule has 2 N–H and O–H groups in total. The third-order valence-electron chi connectivity index (χ3n) is 3.81. The number of benzene rings is 1. The Balaban J connectivity index is 1.91. The van der Waals surface area contributed by atoms with Crippen molar-refractivity contribution >= 4 is 5.84 Å². The van der Waals surface area contributed by atoms with Crippen LogP contribution < -0.4 is 10.2 Å². The summed E-state index contributed by atoms with van der Waals surface area (Å²) in [5, 5.41) is 9.45.